The van der Waals surface area contributed by atoms with Crippen LogP contribution in [-0.4, -0.2) is 29.0 Å². The summed E-state index contributed by atoms with van der Waals surface area (Å²) in [6.45, 7) is 0. The number of carbonyl (C=O) groups is 2. The zero-order valence-electron chi connectivity index (χ0n) is 13.8. The number of hydrogen-bond acceptors (Lipinski definition) is 6. The van der Waals surface area contributed by atoms with Gasteiger partial charge in [-0.3, -0.25) is 25.8 Å². The maximum atomic E-state index is 12.2. The summed E-state index contributed by atoms with van der Waals surface area (Å²) in [5.74, 6) is -1.54. The number of nitro benzene ring substituents is 1. The Balaban J connectivity index is 2.08. The first kappa shape index (κ1) is 20.1. The molecule has 2 aromatic rings. The maximum Gasteiger partial charge on any atom is 0.338 e. The van der Waals surface area contributed by atoms with Gasteiger partial charge in [0.15, 0.2) is 5.11 Å². The highest BCUT2D eigenvalue weighted by molar-refractivity contribution is 7.80. The summed E-state index contributed by atoms with van der Waals surface area (Å²) in [6.07, 6.45) is 0. The molecule has 0 atom stereocenters. The molecule has 3 N–H and O–H groups in total. The van der Waals surface area contributed by atoms with Crippen molar-refractivity contribution < 1.29 is 19.2 Å². The Morgan fingerprint density at radius 2 is 1.85 bits per heavy atom. The van der Waals surface area contributed by atoms with Crippen molar-refractivity contribution >= 4 is 52.2 Å². The van der Waals surface area contributed by atoms with E-state index in [1.807, 2.05) is 0 Å². The van der Waals surface area contributed by atoms with E-state index in [4.69, 9.17) is 23.8 Å². The molecule has 0 saturated heterocycles. The topological polar surface area (TPSA) is 123 Å². The number of nitrogens with one attached hydrogen (secondary N) is 3. The molecule has 1 amide bonds. The van der Waals surface area contributed by atoms with Gasteiger partial charge in [0.2, 0.25) is 0 Å². The van der Waals surface area contributed by atoms with Crippen LogP contribution in [0.2, 0.25) is 5.02 Å². The minimum Gasteiger partial charge on any atom is -0.465 e. The van der Waals surface area contributed by atoms with Gasteiger partial charge in [0.25, 0.3) is 11.6 Å². The molecule has 11 heteroatoms. The number of hydrogen-bond donors (Lipinski definition) is 3. The first-order valence-corrected chi connectivity index (χ1v) is 8.09. The number of ether oxygens (including phenoxy) is 1. The fourth-order valence-electron chi connectivity index (χ4n) is 2.00. The summed E-state index contributed by atoms with van der Waals surface area (Å²) >= 11 is 10.9. The normalized spacial score (nSPS) is 9.85. The molecule has 0 heterocycles. The number of halogens is 1. The number of methoxy groups -OCH3 is 1. The molecule has 0 aromatic heterocycles. The van der Waals surface area contributed by atoms with Gasteiger partial charge in [0.05, 0.1) is 17.6 Å². The Labute approximate surface area is 163 Å². The fourth-order valence-corrected chi connectivity index (χ4v) is 2.36. The summed E-state index contributed by atoms with van der Waals surface area (Å²) < 4.78 is 4.53. The van der Waals surface area contributed by atoms with E-state index in [1.165, 1.54) is 6.07 Å². The van der Waals surface area contributed by atoms with Gasteiger partial charge >= 0.3 is 5.97 Å². The Morgan fingerprint density at radius 3 is 2.48 bits per heavy atom. The summed E-state index contributed by atoms with van der Waals surface area (Å²) in [4.78, 5) is 34.1. The summed E-state index contributed by atoms with van der Waals surface area (Å²) in [5, 5.41) is 14.4. The third kappa shape index (κ3) is 5.62. The molecule has 0 aliphatic rings. The highest BCUT2D eigenvalue weighted by Crippen LogP contribution is 2.18. The highest BCUT2D eigenvalue weighted by Gasteiger charge is 2.18. The SMILES string of the molecule is COC(=O)c1cc(C(=O)NNC(=S)Nc2cccc(Cl)c2)cc([N+](=O)[O-])c1. The monoisotopic (exact) mass is 408 g/mol. The quantitative estimate of drug-likeness (QED) is 0.305. The summed E-state index contributed by atoms with van der Waals surface area (Å²) in [7, 11) is 1.13. The predicted molar refractivity (Wildman–Crippen MR) is 103 cm³/mol. The van der Waals surface area contributed by atoms with Crippen LogP contribution < -0.4 is 16.2 Å². The van der Waals surface area contributed by atoms with Gasteiger partial charge < -0.3 is 10.1 Å². The summed E-state index contributed by atoms with van der Waals surface area (Å²) in [6, 6.07) is 9.95. The lowest BCUT2D eigenvalue weighted by Gasteiger charge is -2.12. The number of nitrogens with zero attached hydrogens (tertiary/aromatic N) is 1. The molecule has 0 aliphatic carbocycles. The van der Waals surface area contributed by atoms with Crippen LogP contribution in [-0.2, 0) is 4.74 Å². The smallest absolute Gasteiger partial charge is 0.338 e. The van der Waals surface area contributed by atoms with Crippen LogP contribution in [0.4, 0.5) is 11.4 Å². The lowest BCUT2D eigenvalue weighted by molar-refractivity contribution is -0.384. The van der Waals surface area contributed by atoms with Crippen LogP contribution in [0.25, 0.3) is 0 Å². The minimum atomic E-state index is -0.807. The van der Waals surface area contributed by atoms with Crippen LogP contribution in [0.5, 0.6) is 0 Å². The molecule has 0 radical (unpaired) electrons. The van der Waals surface area contributed by atoms with Gasteiger partial charge in [-0.05, 0) is 36.5 Å². The van der Waals surface area contributed by atoms with E-state index in [2.05, 4.69) is 20.9 Å². The molecule has 0 aliphatic heterocycles. The van der Waals surface area contributed by atoms with E-state index in [1.54, 1.807) is 24.3 Å². The molecule has 0 unspecified atom stereocenters. The number of esters is 1. The number of rotatable bonds is 4. The van der Waals surface area contributed by atoms with Crippen LogP contribution in [0.3, 0.4) is 0 Å². The number of hydrazine groups is 1. The molecular formula is C16H13ClN4O5S. The zero-order chi connectivity index (χ0) is 20.0. The van der Waals surface area contributed by atoms with E-state index in [0.717, 1.165) is 19.2 Å². The van der Waals surface area contributed by atoms with Gasteiger partial charge in [0.1, 0.15) is 0 Å². The second-order valence-electron chi connectivity index (χ2n) is 5.06. The zero-order valence-corrected chi connectivity index (χ0v) is 15.4. The van der Waals surface area contributed by atoms with E-state index in [0.29, 0.717) is 10.7 Å². The van der Waals surface area contributed by atoms with Crippen LogP contribution in [0.15, 0.2) is 42.5 Å². The van der Waals surface area contributed by atoms with Gasteiger partial charge in [-0.25, -0.2) is 4.79 Å². The Morgan fingerprint density at radius 1 is 1.15 bits per heavy atom. The molecule has 0 spiro atoms. The molecule has 27 heavy (non-hydrogen) atoms. The molecule has 0 saturated carbocycles. The minimum absolute atomic E-state index is 0.0595. The molecule has 0 bridgehead atoms. The number of thiocarbonyl (C=S) groups is 1. The third-order valence-corrected chi connectivity index (χ3v) is 3.62. The maximum absolute atomic E-state index is 12.2. The molecule has 9 nitrogen and oxygen atoms in total. The van der Waals surface area contributed by atoms with Gasteiger partial charge in [0, 0.05) is 28.4 Å². The molecule has 0 fully saturated rings. The van der Waals surface area contributed by atoms with Crippen LogP contribution in [0.1, 0.15) is 20.7 Å². The van der Waals surface area contributed by atoms with Crippen molar-refractivity contribution in [1.29, 1.82) is 0 Å². The Kier molecular flexibility index (Phi) is 6.63. The number of benzene rings is 2. The fraction of sp³-hybridized carbons (Fsp3) is 0.0625. The average molecular weight is 409 g/mol. The number of amides is 1. The molecule has 140 valence electrons. The summed E-state index contributed by atoms with van der Waals surface area (Å²) in [5.41, 5.74) is 4.65. The van der Waals surface area contributed by atoms with Crippen molar-refractivity contribution in [2.75, 3.05) is 12.4 Å². The van der Waals surface area contributed by atoms with Crippen molar-refractivity contribution in [2.45, 2.75) is 0 Å². The number of non-ortho nitro benzene ring substituents is 1. The molecular weight excluding hydrogens is 396 g/mol. The van der Waals surface area contributed by atoms with Crippen molar-refractivity contribution in [2.24, 2.45) is 0 Å². The number of carbonyl (C=O) groups excluding carboxylic acids is 2. The van der Waals surface area contributed by atoms with E-state index < -0.39 is 22.5 Å². The van der Waals surface area contributed by atoms with Gasteiger partial charge in [-0.1, -0.05) is 17.7 Å². The van der Waals surface area contributed by atoms with E-state index in [9.17, 15) is 19.7 Å². The predicted octanol–water partition coefficient (Wildman–Crippen LogP) is 2.67. The Hall–Kier alpha value is -3.24. The average Bonchev–Trinajstić information content (AvgIpc) is 2.65. The van der Waals surface area contributed by atoms with Gasteiger partial charge in [-0.2, -0.15) is 0 Å². The third-order valence-electron chi connectivity index (χ3n) is 3.18. The first-order chi connectivity index (χ1) is 12.8. The van der Waals surface area contributed by atoms with Crippen molar-refractivity contribution in [3.63, 3.8) is 0 Å². The lowest BCUT2D eigenvalue weighted by atomic mass is 10.1. The van der Waals surface area contributed by atoms with Crippen molar-refractivity contribution in [3.05, 3.63) is 68.7 Å². The number of anilines is 1. The lowest BCUT2D eigenvalue weighted by Crippen LogP contribution is -2.43. The van der Waals surface area contributed by atoms with Crippen molar-refractivity contribution in [1.82, 2.24) is 10.9 Å². The number of nitro groups is 1. The van der Waals surface area contributed by atoms with Crippen LogP contribution in [0, 0.1) is 10.1 Å². The second-order valence-corrected chi connectivity index (χ2v) is 5.91. The second kappa shape index (κ2) is 8.92. The standard InChI is InChI=1S/C16H13ClN4O5S/c1-26-15(23)10-5-9(6-13(7-10)21(24)25)14(22)19-20-16(27)18-12-4-2-3-11(17)8-12/h2-8H,1H3,(H,19,22)(H2,18,20,27). The van der Waals surface area contributed by atoms with Gasteiger partial charge in [-0.15, -0.1) is 0 Å². The first-order valence-electron chi connectivity index (χ1n) is 7.31. The van der Waals surface area contributed by atoms with Crippen LogP contribution >= 0.6 is 23.8 Å². The van der Waals surface area contributed by atoms with E-state index >= 15 is 0 Å². The molecule has 2 aromatic carbocycles. The highest BCUT2D eigenvalue weighted by atomic mass is 35.5. The Bertz CT molecular complexity index is 921. The largest absolute Gasteiger partial charge is 0.465 e. The molecule has 2 rings (SSSR count). The van der Waals surface area contributed by atoms with E-state index in [-0.39, 0.29) is 16.2 Å². The van der Waals surface area contributed by atoms with Crippen molar-refractivity contribution in [3.8, 4) is 0 Å².